The zero-order valence-electron chi connectivity index (χ0n) is 15.3. The number of rotatable bonds is 9. The van der Waals surface area contributed by atoms with E-state index < -0.39 is 0 Å². The number of aliphatic imine (C=N–C) groups is 1. The van der Waals surface area contributed by atoms with E-state index in [9.17, 15) is 0 Å². The average Bonchev–Trinajstić information content (AvgIpc) is 3.12. The molecule has 0 unspecified atom stereocenters. The van der Waals surface area contributed by atoms with Crippen molar-refractivity contribution in [2.24, 2.45) is 4.99 Å². The molecule has 136 valence electrons. The first-order chi connectivity index (χ1) is 12.2. The second-order valence-electron chi connectivity index (χ2n) is 5.94. The van der Waals surface area contributed by atoms with Gasteiger partial charge in [-0.15, -0.1) is 11.3 Å². The largest absolute Gasteiger partial charge is 0.492 e. The Morgan fingerprint density at radius 3 is 2.72 bits per heavy atom. The summed E-state index contributed by atoms with van der Waals surface area (Å²) in [5, 5.41) is 8.82. The third kappa shape index (κ3) is 7.15. The molecule has 0 saturated heterocycles. The van der Waals surface area contributed by atoms with Crippen LogP contribution in [0.4, 0.5) is 0 Å². The van der Waals surface area contributed by atoms with E-state index in [2.05, 4.69) is 44.1 Å². The Balaban J connectivity index is 1.80. The molecule has 0 aliphatic rings. The van der Waals surface area contributed by atoms with Gasteiger partial charge in [0.15, 0.2) is 5.96 Å². The summed E-state index contributed by atoms with van der Waals surface area (Å²) in [5.74, 6) is 1.73. The highest BCUT2D eigenvalue weighted by atomic mass is 32.1. The number of hydrogen-bond acceptors (Lipinski definition) is 4. The van der Waals surface area contributed by atoms with E-state index >= 15 is 0 Å². The SMILES string of the molecule is CN=C(NCCc1cccs1)NCc1ccccc1OCCN(C)C. The lowest BCUT2D eigenvalue weighted by atomic mass is 10.2. The Hall–Kier alpha value is -2.05. The van der Waals surface area contributed by atoms with Crippen molar-refractivity contribution >= 4 is 17.3 Å². The van der Waals surface area contributed by atoms with Gasteiger partial charge in [0.2, 0.25) is 0 Å². The van der Waals surface area contributed by atoms with Gasteiger partial charge in [-0.05, 0) is 38.0 Å². The molecule has 0 aliphatic carbocycles. The summed E-state index contributed by atoms with van der Waals surface area (Å²) in [6.45, 7) is 3.11. The van der Waals surface area contributed by atoms with E-state index in [1.54, 1.807) is 18.4 Å². The molecule has 2 rings (SSSR count). The van der Waals surface area contributed by atoms with E-state index in [1.165, 1.54) is 4.88 Å². The lowest BCUT2D eigenvalue weighted by molar-refractivity contribution is 0.259. The van der Waals surface area contributed by atoms with Crippen molar-refractivity contribution in [3.8, 4) is 5.75 Å². The minimum absolute atomic E-state index is 0.677. The van der Waals surface area contributed by atoms with E-state index in [-0.39, 0.29) is 0 Å². The molecular formula is C19H28N4OS. The number of para-hydroxylation sites is 1. The summed E-state index contributed by atoms with van der Waals surface area (Å²) < 4.78 is 5.90. The topological polar surface area (TPSA) is 48.9 Å². The monoisotopic (exact) mass is 360 g/mol. The van der Waals surface area contributed by atoms with Gasteiger partial charge in [-0.25, -0.2) is 0 Å². The molecule has 1 aromatic heterocycles. The molecule has 0 fully saturated rings. The second kappa shape index (κ2) is 10.7. The van der Waals surface area contributed by atoms with Crippen LogP contribution in [0.15, 0.2) is 46.8 Å². The number of guanidine groups is 1. The highest BCUT2D eigenvalue weighted by Gasteiger charge is 2.05. The lowest BCUT2D eigenvalue weighted by Crippen LogP contribution is -2.37. The van der Waals surface area contributed by atoms with E-state index in [0.29, 0.717) is 13.2 Å². The zero-order valence-corrected chi connectivity index (χ0v) is 16.1. The molecule has 6 heteroatoms. The molecule has 0 saturated carbocycles. The van der Waals surface area contributed by atoms with Gasteiger partial charge in [0.25, 0.3) is 0 Å². The highest BCUT2D eigenvalue weighted by molar-refractivity contribution is 7.09. The van der Waals surface area contributed by atoms with E-state index in [1.807, 2.05) is 32.3 Å². The Kier molecular flexibility index (Phi) is 8.28. The quantitative estimate of drug-likeness (QED) is 0.533. The maximum atomic E-state index is 5.90. The van der Waals surface area contributed by atoms with Crippen molar-refractivity contribution in [2.75, 3.05) is 40.8 Å². The van der Waals surface area contributed by atoms with Gasteiger partial charge in [0.05, 0.1) is 0 Å². The standard InChI is InChI=1S/C19H28N4OS/c1-20-19(21-11-10-17-8-6-14-25-17)22-15-16-7-4-5-9-18(16)24-13-12-23(2)3/h4-9,14H,10-13,15H2,1-3H3,(H2,20,21,22). The number of hydrogen-bond donors (Lipinski definition) is 2. The molecule has 5 nitrogen and oxygen atoms in total. The summed E-state index contributed by atoms with van der Waals surface area (Å²) in [6, 6.07) is 12.4. The van der Waals surface area contributed by atoms with Crippen LogP contribution in [-0.2, 0) is 13.0 Å². The van der Waals surface area contributed by atoms with Crippen LogP contribution in [0.25, 0.3) is 0 Å². The first-order valence-electron chi connectivity index (χ1n) is 8.51. The summed E-state index contributed by atoms with van der Waals surface area (Å²) in [6.07, 6.45) is 1.00. The third-order valence-corrected chi connectivity index (χ3v) is 4.62. The van der Waals surface area contributed by atoms with Gasteiger partial charge in [-0.3, -0.25) is 4.99 Å². The zero-order chi connectivity index (χ0) is 17.9. The Bertz CT molecular complexity index is 641. The molecule has 0 spiro atoms. The van der Waals surface area contributed by atoms with Gasteiger partial charge >= 0.3 is 0 Å². The number of nitrogens with zero attached hydrogens (tertiary/aromatic N) is 2. The lowest BCUT2D eigenvalue weighted by Gasteiger charge is -2.16. The molecule has 0 amide bonds. The summed E-state index contributed by atoms with van der Waals surface area (Å²) in [4.78, 5) is 7.78. The Labute approximate surface area is 154 Å². The van der Waals surface area contributed by atoms with Crippen LogP contribution in [0.1, 0.15) is 10.4 Å². The Morgan fingerprint density at radius 1 is 1.16 bits per heavy atom. The van der Waals surface area contributed by atoms with Crippen molar-refractivity contribution in [3.63, 3.8) is 0 Å². The number of nitrogens with one attached hydrogen (secondary N) is 2. The molecule has 0 atom stereocenters. The molecular weight excluding hydrogens is 332 g/mol. The average molecular weight is 361 g/mol. The fraction of sp³-hybridized carbons (Fsp3) is 0.421. The fourth-order valence-electron chi connectivity index (χ4n) is 2.29. The van der Waals surface area contributed by atoms with Gasteiger partial charge < -0.3 is 20.3 Å². The Morgan fingerprint density at radius 2 is 2.00 bits per heavy atom. The number of ether oxygens (including phenoxy) is 1. The normalized spacial score (nSPS) is 11.6. The summed E-state index contributed by atoms with van der Waals surface area (Å²) >= 11 is 1.78. The first-order valence-corrected chi connectivity index (χ1v) is 9.39. The second-order valence-corrected chi connectivity index (χ2v) is 6.97. The maximum absolute atomic E-state index is 5.90. The third-order valence-electron chi connectivity index (χ3n) is 3.68. The minimum atomic E-state index is 0.677. The van der Waals surface area contributed by atoms with Crippen LogP contribution in [0.5, 0.6) is 5.75 Å². The summed E-state index contributed by atoms with van der Waals surface area (Å²) in [5.41, 5.74) is 1.13. The van der Waals surface area contributed by atoms with Gasteiger partial charge in [-0.1, -0.05) is 24.3 Å². The molecule has 2 N–H and O–H groups in total. The smallest absolute Gasteiger partial charge is 0.191 e. The fourth-order valence-corrected chi connectivity index (χ4v) is 3.00. The predicted octanol–water partition coefficient (Wildman–Crippen LogP) is 2.60. The highest BCUT2D eigenvalue weighted by Crippen LogP contribution is 2.17. The van der Waals surface area contributed by atoms with Crippen LogP contribution in [-0.4, -0.2) is 51.7 Å². The summed E-state index contributed by atoms with van der Waals surface area (Å²) in [7, 11) is 5.88. The molecule has 25 heavy (non-hydrogen) atoms. The molecule has 2 aromatic rings. The number of thiophene rings is 1. The predicted molar refractivity (Wildman–Crippen MR) is 107 cm³/mol. The number of likely N-dealkylation sites (N-methyl/N-ethyl adjacent to an activating group) is 1. The first kappa shape index (κ1) is 19.3. The molecule has 0 radical (unpaired) electrons. The van der Waals surface area contributed by atoms with E-state index in [4.69, 9.17) is 4.74 Å². The number of benzene rings is 1. The molecule has 1 heterocycles. The molecule has 1 aromatic carbocycles. The van der Waals surface area contributed by atoms with Crippen LogP contribution in [0.3, 0.4) is 0 Å². The van der Waals surface area contributed by atoms with Gasteiger partial charge in [0.1, 0.15) is 12.4 Å². The van der Waals surface area contributed by atoms with Crippen molar-refractivity contribution in [2.45, 2.75) is 13.0 Å². The van der Waals surface area contributed by atoms with Crippen molar-refractivity contribution in [1.29, 1.82) is 0 Å². The van der Waals surface area contributed by atoms with Crippen LogP contribution in [0, 0.1) is 0 Å². The molecule has 0 bridgehead atoms. The van der Waals surface area contributed by atoms with Gasteiger partial charge in [0, 0.05) is 37.1 Å². The maximum Gasteiger partial charge on any atom is 0.191 e. The van der Waals surface area contributed by atoms with Crippen molar-refractivity contribution in [1.82, 2.24) is 15.5 Å². The van der Waals surface area contributed by atoms with Gasteiger partial charge in [-0.2, -0.15) is 0 Å². The van der Waals surface area contributed by atoms with Crippen LogP contribution < -0.4 is 15.4 Å². The molecule has 0 aliphatic heterocycles. The van der Waals surface area contributed by atoms with Crippen LogP contribution >= 0.6 is 11.3 Å². The van der Waals surface area contributed by atoms with Crippen LogP contribution in [0.2, 0.25) is 0 Å². The minimum Gasteiger partial charge on any atom is -0.492 e. The van der Waals surface area contributed by atoms with Crippen molar-refractivity contribution < 1.29 is 4.74 Å². The van der Waals surface area contributed by atoms with Crippen molar-refractivity contribution in [3.05, 3.63) is 52.2 Å². The van der Waals surface area contributed by atoms with E-state index in [0.717, 1.165) is 36.8 Å².